The maximum absolute atomic E-state index is 12.3. The lowest BCUT2D eigenvalue weighted by molar-refractivity contribution is -0.275. The van der Waals surface area contributed by atoms with E-state index < -0.39 is 12.1 Å². The SMILES string of the molecule is N#Cc1ccc(N)c(Oc2ccccc2OC(F)(F)F)c1. The highest BCUT2D eigenvalue weighted by molar-refractivity contribution is 5.58. The molecule has 0 heterocycles. The molecule has 0 radical (unpaired) electrons. The van der Waals surface area contributed by atoms with E-state index in [9.17, 15) is 13.2 Å². The van der Waals surface area contributed by atoms with Crippen LogP contribution in [0.4, 0.5) is 18.9 Å². The summed E-state index contributed by atoms with van der Waals surface area (Å²) in [4.78, 5) is 0. The summed E-state index contributed by atoms with van der Waals surface area (Å²) in [6.45, 7) is 0. The van der Waals surface area contributed by atoms with Crippen molar-refractivity contribution in [3.8, 4) is 23.3 Å². The minimum atomic E-state index is -4.83. The molecule has 0 aliphatic heterocycles. The highest BCUT2D eigenvalue weighted by Crippen LogP contribution is 2.36. The van der Waals surface area contributed by atoms with E-state index in [-0.39, 0.29) is 22.7 Å². The van der Waals surface area contributed by atoms with Gasteiger partial charge in [-0.15, -0.1) is 13.2 Å². The molecule has 0 spiro atoms. The molecule has 2 aromatic carbocycles. The average Bonchev–Trinajstić information content (AvgIpc) is 2.42. The summed E-state index contributed by atoms with van der Waals surface area (Å²) in [6, 6.07) is 11.4. The molecule has 2 rings (SSSR count). The van der Waals surface area contributed by atoms with Gasteiger partial charge in [-0.2, -0.15) is 5.26 Å². The number of nitrogens with zero attached hydrogens (tertiary/aromatic N) is 1. The molecule has 0 saturated carbocycles. The highest BCUT2D eigenvalue weighted by Gasteiger charge is 2.32. The van der Waals surface area contributed by atoms with Crippen molar-refractivity contribution in [3.63, 3.8) is 0 Å². The van der Waals surface area contributed by atoms with Crippen LogP contribution in [0, 0.1) is 11.3 Å². The van der Waals surface area contributed by atoms with Crippen molar-refractivity contribution in [2.24, 2.45) is 0 Å². The molecule has 0 unspecified atom stereocenters. The van der Waals surface area contributed by atoms with Crippen LogP contribution in [0.25, 0.3) is 0 Å². The second kappa shape index (κ2) is 5.63. The molecule has 4 nitrogen and oxygen atoms in total. The van der Waals surface area contributed by atoms with Gasteiger partial charge in [0.1, 0.15) is 0 Å². The van der Waals surface area contributed by atoms with Gasteiger partial charge in [0, 0.05) is 6.07 Å². The van der Waals surface area contributed by atoms with Crippen LogP contribution in [-0.2, 0) is 0 Å². The number of nitrogens with two attached hydrogens (primary N) is 1. The zero-order valence-electron chi connectivity index (χ0n) is 10.5. The van der Waals surface area contributed by atoms with Crippen LogP contribution in [-0.4, -0.2) is 6.36 Å². The summed E-state index contributed by atoms with van der Waals surface area (Å²) < 4.78 is 46.1. The molecular formula is C14H9F3N2O2. The largest absolute Gasteiger partial charge is 0.573 e. The lowest BCUT2D eigenvalue weighted by Gasteiger charge is -2.14. The highest BCUT2D eigenvalue weighted by atomic mass is 19.4. The number of hydrogen-bond acceptors (Lipinski definition) is 4. The Kier molecular flexibility index (Phi) is 3.89. The number of anilines is 1. The Hall–Kier alpha value is -2.88. The second-order valence-electron chi connectivity index (χ2n) is 3.96. The molecule has 2 N–H and O–H groups in total. The lowest BCUT2D eigenvalue weighted by Crippen LogP contribution is -2.17. The second-order valence-corrected chi connectivity index (χ2v) is 3.96. The number of para-hydroxylation sites is 2. The van der Waals surface area contributed by atoms with Gasteiger partial charge in [0.2, 0.25) is 0 Å². The molecule has 0 fully saturated rings. The van der Waals surface area contributed by atoms with Gasteiger partial charge in [0.15, 0.2) is 17.2 Å². The molecule has 108 valence electrons. The first-order valence-electron chi connectivity index (χ1n) is 5.71. The smallest absolute Gasteiger partial charge is 0.451 e. The summed E-state index contributed by atoms with van der Waals surface area (Å²) in [5, 5.41) is 8.81. The van der Waals surface area contributed by atoms with E-state index in [1.807, 2.05) is 6.07 Å². The van der Waals surface area contributed by atoms with Crippen molar-refractivity contribution in [2.75, 3.05) is 5.73 Å². The standard InChI is InChI=1S/C14H9F3N2O2/c15-14(16,17)21-12-4-2-1-3-11(12)20-13-7-9(8-18)5-6-10(13)19/h1-7H,19H2. The van der Waals surface area contributed by atoms with Crippen LogP contribution in [0.1, 0.15) is 5.56 Å². The Morgan fingerprint density at radius 3 is 2.29 bits per heavy atom. The van der Waals surface area contributed by atoms with Crippen molar-refractivity contribution < 1.29 is 22.6 Å². The Labute approximate surface area is 118 Å². The normalized spacial score (nSPS) is 10.8. The molecule has 21 heavy (non-hydrogen) atoms. The van der Waals surface area contributed by atoms with E-state index in [2.05, 4.69) is 4.74 Å². The third kappa shape index (κ3) is 3.79. The van der Waals surface area contributed by atoms with Crippen molar-refractivity contribution in [1.82, 2.24) is 0 Å². The Bertz CT molecular complexity index is 693. The fraction of sp³-hybridized carbons (Fsp3) is 0.0714. The molecule has 0 aliphatic rings. The summed E-state index contributed by atoms with van der Waals surface area (Å²) in [5.41, 5.74) is 6.13. The number of halogens is 3. The maximum Gasteiger partial charge on any atom is 0.573 e. The van der Waals surface area contributed by atoms with E-state index in [4.69, 9.17) is 15.7 Å². The quantitative estimate of drug-likeness (QED) is 0.873. The molecule has 0 bridgehead atoms. The van der Waals surface area contributed by atoms with E-state index >= 15 is 0 Å². The van der Waals surface area contributed by atoms with Gasteiger partial charge in [0.05, 0.1) is 17.3 Å². The number of hydrogen-bond donors (Lipinski definition) is 1. The van der Waals surface area contributed by atoms with Gasteiger partial charge in [-0.1, -0.05) is 12.1 Å². The van der Waals surface area contributed by atoms with Crippen LogP contribution in [0.15, 0.2) is 42.5 Å². The number of alkyl halides is 3. The van der Waals surface area contributed by atoms with Crippen LogP contribution >= 0.6 is 0 Å². The molecule has 0 aliphatic carbocycles. The van der Waals surface area contributed by atoms with E-state index in [1.165, 1.54) is 36.4 Å². The van der Waals surface area contributed by atoms with Gasteiger partial charge in [-0.3, -0.25) is 0 Å². The van der Waals surface area contributed by atoms with Crippen LogP contribution < -0.4 is 15.2 Å². The minimum absolute atomic E-state index is 0.0762. The topological polar surface area (TPSA) is 68.3 Å². The molecule has 0 amide bonds. The predicted molar refractivity (Wildman–Crippen MR) is 68.8 cm³/mol. The Morgan fingerprint density at radius 2 is 1.67 bits per heavy atom. The molecule has 0 aromatic heterocycles. The first-order valence-corrected chi connectivity index (χ1v) is 5.71. The Balaban J connectivity index is 2.34. The average molecular weight is 294 g/mol. The number of nitriles is 1. The van der Waals surface area contributed by atoms with E-state index in [1.54, 1.807) is 0 Å². The van der Waals surface area contributed by atoms with Crippen molar-refractivity contribution in [3.05, 3.63) is 48.0 Å². The summed E-state index contributed by atoms with van der Waals surface area (Å²) in [7, 11) is 0. The van der Waals surface area contributed by atoms with Crippen LogP contribution in [0.5, 0.6) is 17.2 Å². The predicted octanol–water partition coefficient (Wildman–Crippen LogP) is 3.83. The number of rotatable bonds is 3. The molecular weight excluding hydrogens is 285 g/mol. The van der Waals surface area contributed by atoms with Crippen LogP contribution in [0.3, 0.4) is 0 Å². The Morgan fingerprint density at radius 1 is 1.00 bits per heavy atom. The summed E-state index contributed by atoms with van der Waals surface area (Å²) in [5.74, 6) is -0.573. The lowest BCUT2D eigenvalue weighted by atomic mass is 10.2. The number of benzene rings is 2. The van der Waals surface area contributed by atoms with Crippen LogP contribution in [0.2, 0.25) is 0 Å². The fourth-order valence-corrected chi connectivity index (χ4v) is 1.55. The molecule has 0 atom stereocenters. The molecule has 0 saturated heterocycles. The van der Waals surface area contributed by atoms with Crippen molar-refractivity contribution in [1.29, 1.82) is 5.26 Å². The zero-order chi connectivity index (χ0) is 15.5. The third-order valence-corrected chi connectivity index (χ3v) is 2.44. The molecule has 2 aromatic rings. The summed E-state index contributed by atoms with van der Waals surface area (Å²) in [6.07, 6.45) is -4.83. The van der Waals surface area contributed by atoms with Crippen molar-refractivity contribution >= 4 is 5.69 Å². The van der Waals surface area contributed by atoms with Gasteiger partial charge >= 0.3 is 6.36 Å². The summed E-state index contributed by atoms with van der Waals surface area (Å²) >= 11 is 0. The molecule has 7 heteroatoms. The van der Waals surface area contributed by atoms with Gasteiger partial charge < -0.3 is 15.2 Å². The maximum atomic E-state index is 12.3. The van der Waals surface area contributed by atoms with Crippen molar-refractivity contribution in [2.45, 2.75) is 6.36 Å². The first kappa shape index (κ1) is 14.5. The first-order chi connectivity index (χ1) is 9.89. The van der Waals surface area contributed by atoms with E-state index in [0.29, 0.717) is 0 Å². The minimum Gasteiger partial charge on any atom is -0.451 e. The zero-order valence-corrected chi connectivity index (χ0v) is 10.5. The number of ether oxygens (including phenoxy) is 2. The monoisotopic (exact) mass is 294 g/mol. The van der Waals surface area contributed by atoms with Gasteiger partial charge in [0.25, 0.3) is 0 Å². The fourth-order valence-electron chi connectivity index (χ4n) is 1.55. The van der Waals surface area contributed by atoms with Gasteiger partial charge in [-0.05, 0) is 24.3 Å². The third-order valence-electron chi connectivity index (χ3n) is 2.44. The van der Waals surface area contributed by atoms with E-state index in [0.717, 1.165) is 6.07 Å². The number of nitrogen functional groups attached to an aromatic ring is 1. The van der Waals surface area contributed by atoms with Gasteiger partial charge in [-0.25, -0.2) is 0 Å².